The van der Waals surface area contributed by atoms with Gasteiger partial charge in [0.05, 0.1) is 0 Å². The third kappa shape index (κ3) is 1.69. The lowest BCUT2D eigenvalue weighted by Crippen LogP contribution is -2.49. The topological polar surface area (TPSA) is 63.1 Å². The van der Waals surface area contributed by atoms with Crippen molar-refractivity contribution in [3.8, 4) is 0 Å². The average molecular weight is 258 g/mol. The number of aromatic nitrogens is 2. The molecule has 4 aliphatic carbocycles. The zero-order valence-electron chi connectivity index (χ0n) is 10.9. The molecule has 100 valence electrons. The minimum Gasteiger partial charge on any atom is -0.477 e. The molecule has 0 aromatic carbocycles. The second-order valence-corrected chi connectivity index (χ2v) is 6.77. The molecular formula is C15H18N2O2. The van der Waals surface area contributed by atoms with Gasteiger partial charge in [0.15, 0.2) is 5.69 Å². The van der Waals surface area contributed by atoms with Crippen LogP contribution in [-0.2, 0) is 5.41 Å². The molecule has 0 amide bonds. The van der Waals surface area contributed by atoms with Crippen molar-refractivity contribution in [2.24, 2.45) is 17.8 Å². The molecule has 4 saturated carbocycles. The second-order valence-electron chi connectivity index (χ2n) is 6.77. The van der Waals surface area contributed by atoms with Crippen LogP contribution in [0.3, 0.4) is 0 Å². The second kappa shape index (κ2) is 3.78. The third-order valence-electron chi connectivity index (χ3n) is 5.39. The maximum Gasteiger partial charge on any atom is 0.354 e. The molecule has 0 saturated heterocycles. The standard InChI is InChI=1S/C15H18N2O2/c18-13(19)12-1-2-16-14(17-12)15-6-9-3-10(7-15)5-11(4-9)8-15/h1-2,9-11H,3-8H2,(H,18,19). The van der Waals surface area contributed by atoms with Crippen LogP contribution in [0.15, 0.2) is 12.3 Å². The van der Waals surface area contributed by atoms with E-state index < -0.39 is 5.97 Å². The zero-order chi connectivity index (χ0) is 13.0. The molecule has 4 fully saturated rings. The fourth-order valence-corrected chi connectivity index (χ4v) is 5.12. The Labute approximate surface area is 112 Å². The van der Waals surface area contributed by atoms with E-state index in [0.29, 0.717) is 0 Å². The van der Waals surface area contributed by atoms with E-state index in [1.807, 2.05) is 0 Å². The first-order valence-electron chi connectivity index (χ1n) is 7.21. The van der Waals surface area contributed by atoms with Crippen LogP contribution in [0.4, 0.5) is 0 Å². The SMILES string of the molecule is O=C(O)c1ccnc(C23CC4CC(CC(C4)C2)C3)n1. The van der Waals surface area contributed by atoms with Crippen molar-refractivity contribution in [1.29, 1.82) is 0 Å². The van der Waals surface area contributed by atoms with Gasteiger partial charge >= 0.3 is 5.97 Å². The van der Waals surface area contributed by atoms with Crippen LogP contribution in [0.2, 0.25) is 0 Å². The molecule has 0 aliphatic heterocycles. The predicted octanol–water partition coefficient (Wildman–Crippen LogP) is 2.64. The highest BCUT2D eigenvalue weighted by atomic mass is 16.4. The van der Waals surface area contributed by atoms with Gasteiger partial charge in [-0.15, -0.1) is 0 Å². The monoisotopic (exact) mass is 258 g/mol. The lowest BCUT2D eigenvalue weighted by Gasteiger charge is -2.55. The molecule has 1 aromatic rings. The summed E-state index contributed by atoms with van der Waals surface area (Å²) in [7, 11) is 0. The third-order valence-corrected chi connectivity index (χ3v) is 5.39. The molecular weight excluding hydrogens is 240 g/mol. The molecule has 4 heteroatoms. The fraction of sp³-hybridized carbons (Fsp3) is 0.667. The van der Waals surface area contributed by atoms with Gasteiger partial charge in [-0.05, 0) is 62.3 Å². The Morgan fingerprint density at radius 3 is 2.26 bits per heavy atom. The maximum absolute atomic E-state index is 11.1. The van der Waals surface area contributed by atoms with E-state index in [0.717, 1.165) is 23.6 Å². The van der Waals surface area contributed by atoms with Gasteiger partial charge in [-0.1, -0.05) is 0 Å². The van der Waals surface area contributed by atoms with E-state index in [1.54, 1.807) is 6.20 Å². The van der Waals surface area contributed by atoms with Crippen LogP contribution < -0.4 is 0 Å². The summed E-state index contributed by atoms with van der Waals surface area (Å²) in [5, 5.41) is 9.10. The van der Waals surface area contributed by atoms with Crippen LogP contribution in [0.25, 0.3) is 0 Å². The Hall–Kier alpha value is -1.45. The normalized spacial score (nSPS) is 39.5. The summed E-state index contributed by atoms with van der Waals surface area (Å²) < 4.78 is 0. The Kier molecular flexibility index (Phi) is 2.26. The first-order valence-corrected chi connectivity index (χ1v) is 7.21. The van der Waals surface area contributed by atoms with Crippen molar-refractivity contribution in [1.82, 2.24) is 9.97 Å². The molecule has 1 heterocycles. The lowest BCUT2D eigenvalue weighted by molar-refractivity contribution is -0.00950. The van der Waals surface area contributed by atoms with Gasteiger partial charge in [-0.3, -0.25) is 0 Å². The van der Waals surface area contributed by atoms with Crippen molar-refractivity contribution in [3.05, 3.63) is 23.8 Å². The van der Waals surface area contributed by atoms with Gasteiger partial charge in [-0.25, -0.2) is 14.8 Å². The Bertz CT molecular complexity index is 505. The minimum atomic E-state index is -0.951. The summed E-state index contributed by atoms with van der Waals surface area (Å²) in [5.74, 6) is 2.31. The maximum atomic E-state index is 11.1. The quantitative estimate of drug-likeness (QED) is 0.885. The van der Waals surface area contributed by atoms with Crippen LogP contribution in [0.1, 0.15) is 54.8 Å². The minimum absolute atomic E-state index is 0.0835. The molecule has 19 heavy (non-hydrogen) atoms. The van der Waals surface area contributed by atoms with Crippen molar-refractivity contribution in [3.63, 3.8) is 0 Å². The number of aromatic carboxylic acids is 1. The summed E-state index contributed by atoms with van der Waals surface area (Å²) in [6, 6.07) is 1.49. The Morgan fingerprint density at radius 1 is 1.16 bits per heavy atom. The molecule has 5 rings (SSSR count). The van der Waals surface area contributed by atoms with E-state index in [-0.39, 0.29) is 11.1 Å². The Morgan fingerprint density at radius 2 is 1.74 bits per heavy atom. The van der Waals surface area contributed by atoms with Crippen LogP contribution in [0, 0.1) is 17.8 Å². The highest BCUT2D eigenvalue weighted by molar-refractivity contribution is 5.85. The van der Waals surface area contributed by atoms with Crippen molar-refractivity contribution in [2.75, 3.05) is 0 Å². The zero-order valence-corrected chi connectivity index (χ0v) is 10.9. The largest absolute Gasteiger partial charge is 0.477 e. The molecule has 1 aromatic heterocycles. The number of carbonyl (C=O) groups is 1. The molecule has 4 bridgehead atoms. The number of carboxylic acid groups (broad SMARTS) is 1. The number of carboxylic acids is 1. The lowest BCUT2D eigenvalue weighted by atomic mass is 9.49. The number of hydrogen-bond acceptors (Lipinski definition) is 3. The highest BCUT2D eigenvalue weighted by Crippen LogP contribution is 2.60. The average Bonchev–Trinajstić information content (AvgIpc) is 2.37. The molecule has 4 nitrogen and oxygen atoms in total. The number of hydrogen-bond donors (Lipinski definition) is 1. The predicted molar refractivity (Wildman–Crippen MR) is 68.8 cm³/mol. The van der Waals surface area contributed by atoms with Gasteiger partial charge < -0.3 is 5.11 Å². The van der Waals surface area contributed by atoms with Crippen LogP contribution in [0.5, 0.6) is 0 Å². The number of nitrogens with zero attached hydrogens (tertiary/aromatic N) is 2. The van der Waals surface area contributed by atoms with Gasteiger partial charge in [0.2, 0.25) is 0 Å². The van der Waals surface area contributed by atoms with Gasteiger partial charge in [0.1, 0.15) is 5.82 Å². The molecule has 0 unspecified atom stereocenters. The first kappa shape index (κ1) is 11.4. The summed E-state index contributed by atoms with van der Waals surface area (Å²) in [6.07, 6.45) is 9.24. The molecule has 4 aliphatic rings. The van der Waals surface area contributed by atoms with Crippen molar-refractivity contribution in [2.45, 2.75) is 43.9 Å². The van der Waals surface area contributed by atoms with Crippen LogP contribution in [-0.4, -0.2) is 21.0 Å². The van der Waals surface area contributed by atoms with Crippen molar-refractivity contribution < 1.29 is 9.90 Å². The van der Waals surface area contributed by atoms with Crippen LogP contribution >= 0.6 is 0 Å². The summed E-state index contributed by atoms with van der Waals surface area (Å²) in [4.78, 5) is 19.9. The smallest absolute Gasteiger partial charge is 0.354 e. The fourth-order valence-electron chi connectivity index (χ4n) is 5.12. The summed E-state index contributed by atoms with van der Waals surface area (Å²) in [6.45, 7) is 0. The van der Waals surface area contributed by atoms with E-state index in [2.05, 4.69) is 9.97 Å². The van der Waals surface area contributed by atoms with Crippen molar-refractivity contribution >= 4 is 5.97 Å². The number of rotatable bonds is 2. The first-order chi connectivity index (χ1) is 9.14. The van der Waals surface area contributed by atoms with Gasteiger partial charge in [-0.2, -0.15) is 0 Å². The van der Waals surface area contributed by atoms with E-state index in [9.17, 15) is 4.79 Å². The van der Waals surface area contributed by atoms with E-state index >= 15 is 0 Å². The van der Waals surface area contributed by atoms with E-state index in [1.165, 1.54) is 44.6 Å². The summed E-state index contributed by atoms with van der Waals surface area (Å²) in [5.41, 5.74) is 0.223. The highest BCUT2D eigenvalue weighted by Gasteiger charge is 2.53. The molecule has 0 radical (unpaired) electrons. The molecule has 0 spiro atoms. The van der Waals surface area contributed by atoms with Gasteiger partial charge in [0, 0.05) is 11.6 Å². The molecule has 1 N–H and O–H groups in total. The summed E-state index contributed by atoms with van der Waals surface area (Å²) >= 11 is 0. The van der Waals surface area contributed by atoms with E-state index in [4.69, 9.17) is 5.11 Å². The Balaban J connectivity index is 1.75. The molecule has 0 atom stereocenters. The van der Waals surface area contributed by atoms with Gasteiger partial charge in [0.25, 0.3) is 0 Å².